The van der Waals surface area contributed by atoms with Gasteiger partial charge in [0.25, 0.3) is 0 Å². The maximum atomic E-state index is 13.6. The van der Waals surface area contributed by atoms with Crippen molar-refractivity contribution in [2.45, 2.75) is 25.8 Å². The highest BCUT2D eigenvalue weighted by Gasteiger charge is 2.15. The Kier molecular flexibility index (Phi) is 5.96. The van der Waals surface area contributed by atoms with Crippen LogP contribution >= 0.6 is 0 Å². The maximum Gasteiger partial charge on any atom is 0.317 e. The molecule has 0 spiro atoms. The first kappa shape index (κ1) is 15.9. The second-order valence-corrected chi connectivity index (χ2v) is 4.61. The van der Waals surface area contributed by atoms with Gasteiger partial charge in [0, 0.05) is 25.6 Å². The standard InChI is InChI=1S/C14H19FN2O3/c1-10(11-6-3-4-7-12(11)15)16-14(20)17(2)9-5-8-13(18)19/h3-4,6-7,10H,5,8-9H2,1-2H3,(H,16,20)(H,18,19). The molecule has 0 aromatic heterocycles. The van der Waals surface area contributed by atoms with E-state index in [-0.39, 0.29) is 18.3 Å². The molecule has 1 aromatic carbocycles. The van der Waals surface area contributed by atoms with Crippen LogP contribution in [0.4, 0.5) is 9.18 Å². The molecule has 1 atom stereocenters. The van der Waals surface area contributed by atoms with Crippen molar-refractivity contribution in [3.05, 3.63) is 35.6 Å². The lowest BCUT2D eigenvalue weighted by Crippen LogP contribution is -2.39. The lowest BCUT2D eigenvalue weighted by atomic mass is 10.1. The number of carboxylic acid groups (broad SMARTS) is 1. The highest BCUT2D eigenvalue weighted by Crippen LogP contribution is 2.16. The van der Waals surface area contributed by atoms with E-state index in [1.807, 2.05) is 0 Å². The van der Waals surface area contributed by atoms with Crippen molar-refractivity contribution in [1.29, 1.82) is 0 Å². The average Bonchev–Trinajstić information content (AvgIpc) is 2.38. The predicted octanol–water partition coefficient (Wildman–Crippen LogP) is 2.39. The molecule has 0 radical (unpaired) electrons. The molecule has 20 heavy (non-hydrogen) atoms. The summed E-state index contributed by atoms with van der Waals surface area (Å²) in [6.45, 7) is 2.03. The van der Waals surface area contributed by atoms with Gasteiger partial charge in [0.2, 0.25) is 0 Å². The summed E-state index contributed by atoms with van der Waals surface area (Å²) in [5.74, 6) is -1.26. The number of aliphatic carboxylic acids is 1. The second-order valence-electron chi connectivity index (χ2n) is 4.61. The van der Waals surface area contributed by atoms with Crippen LogP contribution in [0.25, 0.3) is 0 Å². The molecule has 1 rings (SSSR count). The summed E-state index contributed by atoms with van der Waals surface area (Å²) in [6.07, 6.45) is 0.397. The van der Waals surface area contributed by atoms with Crippen LogP contribution in [0, 0.1) is 5.82 Å². The first-order valence-corrected chi connectivity index (χ1v) is 6.39. The molecule has 0 heterocycles. The molecule has 0 aliphatic carbocycles. The number of carbonyl (C=O) groups excluding carboxylic acids is 1. The van der Waals surface area contributed by atoms with Crippen LogP contribution in [0.1, 0.15) is 31.4 Å². The summed E-state index contributed by atoms with van der Waals surface area (Å²) in [5.41, 5.74) is 0.416. The molecule has 1 unspecified atom stereocenters. The maximum absolute atomic E-state index is 13.6. The molecule has 0 aliphatic heterocycles. The van der Waals surface area contributed by atoms with E-state index in [0.717, 1.165) is 0 Å². The van der Waals surface area contributed by atoms with Crippen LogP contribution in [0.15, 0.2) is 24.3 Å². The molecule has 1 aromatic rings. The van der Waals surface area contributed by atoms with Gasteiger partial charge < -0.3 is 15.3 Å². The minimum Gasteiger partial charge on any atom is -0.481 e. The SMILES string of the molecule is CC(NC(=O)N(C)CCCC(=O)O)c1ccccc1F. The number of hydrogen-bond acceptors (Lipinski definition) is 2. The third kappa shape index (κ3) is 4.87. The van der Waals surface area contributed by atoms with Gasteiger partial charge in [-0.2, -0.15) is 0 Å². The summed E-state index contributed by atoms with van der Waals surface area (Å²) in [5, 5.41) is 11.2. The van der Waals surface area contributed by atoms with Crippen LogP contribution < -0.4 is 5.32 Å². The van der Waals surface area contributed by atoms with E-state index in [4.69, 9.17) is 5.11 Å². The number of halogens is 1. The Morgan fingerprint density at radius 1 is 1.40 bits per heavy atom. The van der Waals surface area contributed by atoms with Gasteiger partial charge in [-0.3, -0.25) is 4.79 Å². The summed E-state index contributed by atoms with van der Waals surface area (Å²) >= 11 is 0. The Hall–Kier alpha value is -2.11. The highest BCUT2D eigenvalue weighted by atomic mass is 19.1. The van der Waals surface area contributed by atoms with E-state index in [2.05, 4.69) is 5.32 Å². The van der Waals surface area contributed by atoms with Crippen molar-refractivity contribution in [1.82, 2.24) is 10.2 Å². The summed E-state index contributed by atoms with van der Waals surface area (Å²) in [6, 6.07) is 5.44. The van der Waals surface area contributed by atoms with Crippen LogP contribution in [0.5, 0.6) is 0 Å². The molecule has 0 fully saturated rings. The Balaban J connectivity index is 2.49. The molecule has 0 aliphatic rings. The molecule has 6 heteroatoms. The van der Waals surface area contributed by atoms with Crippen molar-refractivity contribution in [3.63, 3.8) is 0 Å². The fraction of sp³-hybridized carbons (Fsp3) is 0.429. The van der Waals surface area contributed by atoms with E-state index < -0.39 is 12.0 Å². The number of carboxylic acids is 1. The number of carbonyl (C=O) groups is 2. The number of rotatable bonds is 6. The second kappa shape index (κ2) is 7.47. The quantitative estimate of drug-likeness (QED) is 0.841. The van der Waals surface area contributed by atoms with Gasteiger partial charge in [-0.1, -0.05) is 18.2 Å². The Labute approximate surface area is 117 Å². The van der Waals surface area contributed by atoms with Crippen molar-refractivity contribution in [3.8, 4) is 0 Å². The van der Waals surface area contributed by atoms with Gasteiger partial charge in [-0.25, -0.2) is 9.18 Å². The summed E-state index contributed by atoms with van der Waals surface area (Å²) in [4.78, 5) is 23.6. The number of urea groups is 1. The number of hydrogen-bond donors (Lipinski definition) is 2. The zero-order valence-corrected chi connectivity index (χ0v) is 11.6. The minimum atomic E-state index is -0.890. The first-order valence-electron chi connectivity index (χ1n) is 6.39. The molecule has 2 N–H and O–H groups in total. The molecule has 0 bridgehead atoms. The van der Waals surface area contributed by atoms with Crippen LogP contribution in [-0.4, -0.2) is 35.6 Å². The van der Waals surface area contributed by atoms with Crippen LogP contribution in [0.2, 0.25) is 0 Å². The van der Waals surface area contributed by atoms with Gasteiger partial charge in [0.1, 0.15) is 5.82 Å². The van der Waals surface area contributed by atoms with E-state index in [0.29, 0.717) is 18.5 Å². The lowest BCUT2D eigenvalue weighted by Gasteiger charge is -2.21. The van der Waals surface area contributed by atoms with Gasteiger partial charge in [0.05, 0.1) is 6.04 Å². The van der Waals surface area contributed by atoms with Gasteiger partial charge in [-0.05, 0) is 19.4 Å². The first-order chi connectivity index (χ1) is 9.41. The Morgan fingerprint density at radius 3 is 2.65 bits per heavy atom. The lowest BCUT2D eigenvalue weighted by molar-refractivity contribution is -0.137. The molecular formula is C14H19FN2O3. The number of nitrogens with zero attached hydrogens (tertiary/aromatic N) is 1. The van der Waals surface area contributed by atoms with Crippen molar-refractivity contribution >= 4 is 12.0 Å². The molecule has 0 saturated heterocycles. The van der Waals surface area contributed by atoms with Gasteiger partial charge in [-0.15, -0.1) is 0 Å². The van der Waals surface area contributed by atoms with E-state index >= 15 is 0 Å². The third-order valence-corrected chi connectivity index (χ3v) is 2.94. The topological polar surface area (TPSA) is 69.6 Å². The van der Waals surface area contributed by atoms with Crippen LogP contribution in [0.3, 0.4) is 0 Å². The predicted molar refractivity (Wildman–Crippen MR) is 72.8 cm³/mol. The van der Waals surface area contributed by atoms with E-state index in [9.17, 15) is 14.0 Å². The third-order valence-electron chi connectivity index (χ3n) is 2.94. The zero-order chi connectivity index (χ0) is 15.1. The molecule has 0 saturated carbocycles. The van der Waals surface area contributed by atoms with E-state index in [1.165, 1.54) is 11.0 Å². The normalized spacial score (nSPS) is 11.8. The number of nitrogens with one attached hydrogen (secondary N) is 1. The Bertz CT molecular complexity index is 479. The number of amides is 2. The zero-order valence-electron chi connectivity index (χ0n) is 11.6. The monoisotopic (exact) mass is 282 g/mol. The molecular weight excluding hydrogens is 263 g/mol. The molecule has 110 valence electrons. The van der Waals surface area contributed by atoms with E-state index in [1.54, 1.807) is 32.2 Å². The largest absolute Gasteiger partial charge is 0.481 e. The molecule has 2 amide bonds. The smallest absolute Gasteiger partial charge is 0.317 e. The minimum absolute atomic E-state index is 0.0144. The highest BCUT2D eigenvalue weighted by molar-refractivity contribution is 5.74. The number of benzene rings is 1. The van der Waals surface area contributed by atoms with Gasteiger partial charge >= 0.3 is 12.0 Å². The van der Waals surface area contributed by atoms with Crippen molar-refractivity contribution < 1.29 is 19.1 Å². The van der Waals surface area contributed by atoms with Crippen molar-refractivity contribution in [2.24, 2.45) is 0 Å². The average molecular weight is 282 g/mol. The molecule has 5 nitrogen and oxygen atoms in total. The van der Waals surface area contributed by atoms with Crippen LogP contribution in [-0.2, 0) is 4.79 Å². The fourth-order valence-electron chi connectivity index (χ4n) is 1.77. The fourth-order valence-corrected chi connectivity index (χ4v) is 1.77. The Morgan fingerprint density at radius 2 is 2.05 bits per heavy atom. The summed E-state index contributed by atoms with van der Waals surface area (Å²) in [7, 11) is 1.57. The van der Waals surface area contributed by atoms with Gasteiger partial charge in [0.15, 0.2) is 0 Å². The summed E-state index contributed by atoms with van der Waals surface area (Å²) < 4.78 is 13.6. The van der Waals surface area contributed by atoms with Crippen molar-refractivity contribution in [2.75, 3.05) is 13.6 Å².